The average Bonchev–Trinajstić information content (AvgIpc) is 2.65. The Morgan fingerprint density at radius 3 is 2.45 bits per heavy atom. The topological polar surface area (TPSA) is 85.9 Å². The second-order valence-electron chi connectivity index (χ2n) is 8.51. The number of hydrogen-bond acceptors (Lipinski definition) is 5. The molecule has 162 valence electrons. The summed E-state index contributed by atoms with van der Waals surface area (Å²) in [6.07, 6.45) is 2.27. The van der Waals surface area contributed by atoms with E-state index in [-0.39, 0.29) is 24.6 Å². The van der Waals surface area contributed by atoms with Crippen LogP contribution >= 0.6 is 0 Å². The van der Waals surface area contributed by atoms with Gasteiger partial charge in [-0.3, -0.25) is 0 Å². The van der Waals surface area contributed by atoms with Crippen LogP contribution in [0, 0.1) is 5.92 Å². The lowest BCUT2D eigenvalue weighted by atomic mass is 9.80. The summed E-state index contributed by atoms with van der Waals surface area (Å²) in [5.41, 5.74) is 0.421. The molecule has 3 atom stereocenters. The van der Waals surface area contributed by atoms with Crippen LogP contribution in [0.25, 0.3) is 0 Å². The van der Waals surface area contributed by atoms with E-state index in [4.69, 9.17) is 14.2 Å². The van der Waals surface area contributed by atoms with Crippen LogP contribution in [0.3, 0.4) is 0 Å². The van der Waals surface area contributed by atoms with Crippen molar-refractivity contribution in [3.63, 3.8) is 0 Å². The molecule has 0 aromatic heterocycles. The first-order chi connectivity index (χ1) is 13.8. The number of carbonyl (C=O) groups is 2. The fourth-order valence-corrected chi connectivity index (χ4v) is 3.56. The van der Waals surface area contributed by atoms with Gasteiger partial charge in [-0.15, -0.1) is 0 Å². The van der Waals surface area contributed by atoms with Crippen LogP contribution in [0.5, 0.6) is 0 Å². The summed E-state index contributed by atoms with van der Waals surface area (Å²) < 4.78 is 15.9. The van der Waals surface area contributed by atoms with E-state index in [1.807, 2.05) is 51.1 Å². The van der Waals surface area contributed by atoms with Gasteiger partial charge in [-0.05, 0) is 57.9 Å². The van der Waals surface area contributed by atoms with Gasteiger partial charge < -0.3 is 24.8 Å². The third kappa shape index (κ3) is 8.73. The first-order valence-electron chi connectivity index (χ1n) is 10.2. The number of methoxy groups -OCH3 is 1. The molecule has 0 spiro atoms. The summed E-state index contributed by atoms with van der Waals surface area (Å²) in [6, 6.07) is 9.60. The van der Waals surface area contributed by atoms with Crippen molar-refractivity contribution < 1.29 is 23.8 Å². The fraction of sp³-hybridized carbons (Fsp3) is 0.636. The third-order valence-electron chi connectivity index (χ3n) is 4.91. The predicted octanol–water partition coefficient (Wildman–Crippen LogP) is 4.01. The minimum Gasteiger partial charge on any atom is -0.445 e. The molecule has 2 rings (SSSR count). The first kappa shape index (κ1) is 23.0. The first-order valence-corrected chi connectivity index (χ1v) is 10.2. The van der Waals surface area contributed by atoms with Gasteiger partial charge in [0.05, 0.1) is 0 Å². The lowest BCUT2D eigenvalue weighted by Gasteiger charge is -2.36. The van der Waals surface area contributed by atoms with E-state index in [2.05, 4.69) is 10.6 Å². The normalized spacial score (nSPS) is 21.9. The molecule has 0 radical (unpaired) electrons. The van der Waals surface area contributed by atoms with Crippen LogP contribution in [-0.4, -0.2) is 43.6 Å². The summed E-state index contributed by atoms with van der Waals surface area (Å²) in [6.45, 7) is 6.37. The maximum Gasteiger partial charge on any atom is 0.407 e. The van der Waals surface area contributed by atoms with Gasteiger partial charge >= 0.3 is 12.2 Å². The van der Waals surface area contributed by atoms with E-state index in [0.29, 0.717) is 6.61 Å². The highest BCUT2D eigenvalue weighted by Gasteiger charge is 2.33. The lowest BCUT2D eigenvalue weighted by molar-refractivity contribution is 0.0466. The summed E-state index contributed by atoms with van der Waals surface area (Å²) in [5.74, 6) is 0.188. The van der Waals surface area contributed by atoms with Gasteiger partial charge in [0.15, 0.2) is 0 Å². The Kier molecular flexibility index (Phi) is 8.76. The molecule has 1 aromatic carbocycles. The highest BCUT2D eigenvalue weighted by Crippen LogP contribution is 2.28. The molecule has 0 bridgehead atoms. The summed E-state index contributed by atoms with van der Waals surface area (Å²) in [7, 11) is 1.66. The van der Waals surface area contributed by atoms with Crippen molar-refractivity contribution in [1.29, 1.82) is 0 Å². The Bertz CT molecular complexity index is 644. The predicted molar refractivity (Wildman–Crippen MR) is 111 cm³/mol. The van der Waals surface area contributed by atoms with E-state index in [9.17, 15) is 9.59 Å². The van der Waals surface area contributed by atoms with Crippen molar-refractivity contribution in [1.82, 2.24) is 10.6 Å². The monoisotopic (exact) mass is 406 g/mol. The molecule has 0 heterocycles. The maximum absolute atomic E-state index is 12.3. The van der Waals surface area contributed by atoms with E-state index in [1.54, 1.807) is 7.11 Å². The van der Waals surface area contributed by atoms with Crippen LogP contribution in [0.1, 0.15) is 52.0 Å². The molecule has 1 aliphatic rings. The molecule has 29 heavy (non-hydrogen) atoms. The maximum atomic E-state index is 12.3. The second kappa shape index (κ2) is 11.0. The van der Waals surface area contributed by atoms with E-state index >= 15 is 0 Å². The highest BCUT2D eigenvalue weighted by molar-refractivity contribution is 5.68. The number of alkyl carbamates (subject to hydrolysis) is 2. The number of rotatable bonds is 7. The molecule has 0 aliphatic heterocycles. The molecular weight excluding hydrogens is 372 g/mol. The highest BCUT2D eigenvalue weighted by atomic mass is 16.6. The molecule has 2 amide bonds. The molecule has 0 saturated heterocycles. The van der Waals surface area contributed by atoms with Crippen LogP contribution in [0.15, 0.2) is 30.3 Å². The quantitative estimate of drug-likeness (QED) is 0.714. The van der Waals surface area contributed by atoms with Crippen molar-refractivity contribution in [2.75, 3.05) is 13.7 Å². The number of ether oxygens (including phenoxy) is 3. The summed E-state index contributed by atoms with van der Waals surface area (Å²) >= 11 is 0. The third-order valence-corrected chi connectivity index (χ3v) is 4.91. The molecular formula is C22H34N2O5. The molecule has 7 heteroatoms. The van der Waals surface area contributed by atoms with Crippen LogP contribution < -0.4 is 10.6 Å². The molecule has 2 N–H and O–H groups in total. The minimum absolute atomic E-state index is 0.00916. The summed E-state index contributed by atoms with van der Waals surface area (Å²) in [4.78, 5) is 24.3. The molecule has 7 nitrogen and oxygen atoms in total. The van der Waals surface area contributed by atoms with Crippen LogP contribution in [-0.2, 0) is 20.8 Å². The Hall–Kier alpha value is -2.28. The fourth-order valence-electron chi connectivity index (χ4n) is 3.56. The zero-order valence-electron chi connectivity index (χ0n) is 17.9. The van der Waals surface area contributed by atoms with Gasteiger partial charge in [-0.1, -0.05) is 30.3 Å². The molecule has 1 aliphatic carbocycles. The number of carbonyl (C=O) groups excluding carboxylic acids is 2. The van der Waals surface area contributed by atoms with Gasteiger partial charge in [0.1, 0.15) is 12.2 Å². The van der Waals surface area contributed by atoms with E-state index in [0.717, 1.165) is 31.2 Å². The zero-order chi connectivity index (χ0) is 21.3. The Morgan fingerprint density at radius 2 is 1.79 bits per heavy atom. The van der Waals surface area contributed by atoms with Crippen molar-refractivity contribution in [2.24, 2.45) is 5.92 Å². The lowest BCUT2D eigenvalue weighted by Crippen LogP contribution is -2.49. The van der Waals surface area contributed by atoms with Gasteiger partial charge in [0.2, 0.25) is 0 Å². The smallest absolute Gasteiger partial charge is 0.407 e. The largest absolute Gasteiger partial charge is 0.445 e. The van der Waals surface area contributed by atoms with Gasteiger partial charge in [-0.25, -0.2) is 9.59 Å². The summed E-state index contributed by atoms with van der Waals surface area (Å²) in [5, 5.41) is 5.96. The second-order valence-corrected chi connectivity index (χ2v) is 8.51. The average molecular weight is 407 g/mol. The number of amides is 2. The van der Waals surface area contributed by atoms with Crippen molar-refractivity contribution in [2.45, 2.75) is 70.7 Å². The molecule has 1 saturated carbocycles. The number of nitrogens with one attached hydrogen (secondary N) is 2. The molecule has 1 aromatic rings. The van der Waals surface area contributed by atoms with Gasteiger partial charge in [0.25, 0.3) is 0 Å². The molecule has 0 unspecified atom stereocenters. The van der Waals surface area contributed by atoms with Gasteiger partial charge in [0, 0.05) is 25.8 Å². The molecule has 1 fully saturated rings. The number of hydrogen-bond donors (Lipinski definition) is 2. The Morgan fingerprint density at radius 1 is 1.07 bits per heavy atom. The van der Waals surface area contributed by atoms with E-state index < -0.39 is 17.8 Å². The Labute approximate surface area is 173 Å². The van der Waals surface area contributed by atoms with Crippen molar-refractivity contribution in [3.05, 3.63) is 35.9 Å². The van der Waals surface area contributed by atoms with E-state index in [1.165, 1.54) is 0 Å². The SMILES string of the molecule is COCC[C@H]1C[C@H](NC(=O)OC(C)(C)C)CC[C@@H]1NC(=O)OCc1ccccc1. The van der Waals surface area contributed by atoms with Crippen LogP contribution in [0.4, 0.5) is 9.59 Å². The van der Waals surface area contributed by atoms with Crippen molar-refractivity contribution >= 4 is 12.2 Å². The minimum atomic E-state index is -0.527. The standard InChI is InChI=1S/C22H34N2O5/c1-22(2,3)29-21(26)23-18-10-11-19(17(14-18)12-13-27-4)24-20(25)28-15-16-8-6-5-7-9-16/h5-9,17-19H,10-15H2,1-4H3,(H,23,26)(H,24,25)/t17-,18+,19-/m0/s1. The van der Waals surface area contributed by atoms with Gasteiger partial charge in [-0.2, -0.15) is 0 Å². The number of benzene rings is 1. The Balaban J connectivity index is 1.85. The zero-order valence-corrected chi connectivity index (χ0v) is 17.9. The van der Waals surface area contributed by atoms with Crippen LogP contribution in [0.2, 0.25) is 0 Å². The van der Waals surface area contributed by atoms with Crippen molar-refractivity contribution in [3.8, 4) is 0 Å².